The average molecular weight is 291 g/mol. The van der Waals surface area contributed by atoms with Crippen LogP contribution >= 0.6 is 0 Å². The van der Waals surface area contributed by atoms with Crippen LogP contribution in [0.2, 0.25) is 0 Å². The number of benzene rings is 1. The Morgan fingerprint density at radius 1 is 1.52 bits per heavy atom. The highest BCUT2D eigenvalue weighted by molar-refractivity contribution is 5.85. The number of carbonyl (C=O) groups is 1. The van der Waals surface area contributed by atoms with Gasteiger partial charge in [-0.25, -0.2) is 4.79 Å². The summed E-state index contributed by atoms with van der Waals surface area (Å²) in [6.07, 6.45) is 2.70. The molecule has 0 radical (unpaired) electrons. The lowest BCUT2D eigenvalue weighted by atomic mass is 10.2. The molecule has 1 N–H and O–H groups in total. The van der Waals surface area contributed by atoms with E-state index in [1.807, 2.05) is 24.3 Å². The Bertz CT molecular complexity index is 501. The molecular formula is C16H21NO4. The van der Waals surface area contributed by atoms with Crippen LogP contribution in [0.15, 0.2) is 30.3 Å². The van der Waals surface area contributed by atoms with Crippen molar-refractivity contribution in [2.75, 3.05) is 32.8 Å². The maximum absolute atomic E-state index is 10.6. The first-order valence-electron chi connectivity index (χ1n) is 7.16. The van der Waals surface area contributed by atoms with E-state index in [1.165, 1.54) is 6.08 Å². The van der Waals surface area contributed by atoms with Crippen molar-refractivity contribution in [2.45, 2.75) is 13.0 Å². The van der Waals surface area contributed by atoms with Crippen LogP contribution in [-0.2, 0) is 9.53 Å². The molecule has 1 aliphatic heterocycles. The van der Waals surface area contributed by atoms with Gasteiger partial charge in [0, 0.05) is 24.7 Å². The summed E-state index contributed by atoms with van der Waals surface area (Å²) >= 11 is 0. The van der Waals surface area contributed by atoms with E-state index in [9.17, 15) is 4.79 Å². The molecule has 1 heterocycles. The van der Waals surface area contributed by atoms with Gasteiger partial charge in [0.05, 0.1) is 6.61 Å². The van der Waals surface area contributed by atoms with E-state index in [0.717, 1.165) is 37.9 Å². The summed E-state index contributed by atoms with van der Waals surface area (Å²) in [5.74, 6) is -0.300. The molecule has 5 nitrogen and oxygen atoms in total. The minimum Gasteiger partial charge on any atom is -0.490 e. The fourth-order valence-corrected chi connectivity index (χ4v) is 2.26. The minimum absolute atomic E-state index is 0.0511. The molecule has 5 heteroatoms. The second kappa shape index (κ2) is 7.81. The maximum Gasteiger partial charge on any atom is 0.328 e. The van der Waals surface area contributed by atoms with Crippen LogP contribution in [0.4, 0.5) is 0 Å². The first-order valence-corrected chi connectivity index (χ1v) is 7.16. The van der Waals surface area contributed by atoms with E-state index in [4.69, 9.17) is 14.6 Å². The molecule has 0 aliphatic carbocycles. The number of carboxylic acids is 1. The summed E-state index contributed by atoms with van der Waals surface area (Å²) in [6.45, 7) is 6.17. The lowest BCUT2D eigenvalue weighted by molar-refractivity contribution is -0.131. The standard InChI is InChI=1S/C16H21NO4/c1-2-17-9-10-20-14(11-17)12-21-15-6-4-3-5-13(15)7-8-16(18)19/h3-8,14H,2,9-12H2,1H3,(H,18,19). The third-order valence-corrected chi connectivity index (χ3v) is 3.42. The molecule has 1 aromatic carbocycles. The second-order valence-corrected chi connectivity index (χ2v) is 4.91. The third-order valence-electron chi connectivity index (χ3n) is 3.42. The summed E-state index contributed by atoms with van der Waals surface area (Å²) in [5.41, 5.74) is 0.753. The largest absolute Gasteiger partial charge is 0.490 e. The first-order chi connectivity index (χ1) is 10.2. The second-order valence-electron chi connectivity index (χ2n) is 4.91. The zero-order chi connectivity index (χ0) is 15.1. The van der Waals surface area contributed by atoms with E-state index in [0.29, 0.717) is 12.4 Å². The number of para-hydroxylation sites is 1. The molecule has 1 aromatic rings. The number of likely N-dealkylation sites (N-methyl/N-ethyl adjacent to an activating group) is 1. The molecular weight excluding hydrogens is 270 g/mol. The Kier molecular flexibility index (Phi) is 5.78. The number of morpholine rings is 1. The molecule has 0 saturated carbocycles. The van der Waals surface area contributed by atoms with Gasteiger partial charge in [0.1, 0.15) is 18.5 Å². The Hall–Kier alpha value is -1.85. The fraction of sp³-hybridized carbons (Fsp3) is 0.438. The van der Waals surface area contributed by atoms with Crippen LogP contribution in [0.25, 0.3) is 6.08 Å². The average Bonchev–Trinajstić information content (AvgIpc) is 2.52. The van der Waals surface area contributed by atoms with Gasteiger partial charge in [-0.3, -0.25) is 4.90 Å². The Morgan fingerprint density at radius 2 is 2.33 bits per heavy atom. The number of hydrogen-bond donors (Lipinski definition) is 1. The van der Waals surface area contributed by atoms with Crippen molar-refractivity contribution >= 4 is 12.0 Å². The van der Waals surface area contributed by atoms with Crippen molar-refractivity contribution in [3.05, 3.63) is 35.9 Å². The maximum atomic E-state index is 10.6. The Labute approximate surface area is 124 Å². The molecule has 0 spiro atoms. The minimum atomic E-state index is -0.973. The first kappa shape index (κ1) is 15.5. The summed E-state index contributed by atoms with van der Waals surface area (Å²) in [4.78, 5) is 12.9. The Morgan fingerprint density at radius 3 is 3.10 bits per heavy atom. The van der Waals surface area contributed by atoms with Crippen LogP contribution < -0.4 is 4.74 Å². The molecule has 1 fully saturated rings. The van der Waals surface area contributed by atoms with Gasteiger partial charge in [0.15, 0.2) is 0 Å². The van der Waals surface area contributed by atoms with E-state index >= 15 is 0 Å². The van der Waals surface area contributed by atoms with Crippen molar-refractivity contribution in [3.8, 4) is 5.75 Å². The number of ether oxygens (including phenoxy) is 2. The summed E-state index contributed by atoms with van der Waals surface area (Å²) in [6, 6.07) is 7.38. The number of aliphatic carboxylic acids is 1. The smallest absolute Gasteiger partial charge is 0.328 e. The quantitative estimate of drug-likeness (QED) is 0.811. The fourth-order valence-electron chi connectivity index (χ4n) is 2.26. The van der Waals surface area contributed by atoms with Crippen molar-refractivity contribution in [1.82, 2.24) is 4.90 Å². The zero-order valence-electron chi connectivity index (χ0n) is 12.2. The topological polar surface area (TPSA) is 59.0 Å². The van der Waals surface area contributed by atoms with Crippen LogP contribution in [0.5, 0.6) is 5.75 Å². The van der Waals surface area contributed by atoms with Gasteiger partial charge in [-0.2, -0.15) is 0 Å². The highest BCUT2D eigenvalue weighted by atomic mass is 16.5. The van der Waals surface area contributed by atoms with E-state index < -0.39 is 5.97 Å². The van der Waals surface area contributed by atoms with Gasteiger partial charge in [-0.15, -0.1) is 0 Å². The number of carboxylic acid groups (broad SMARTS) is 1. The van der Waals surface area contributed by atoms with Crippen molar-refractivity contribution < 1.29 is 19.4 Å². The van der Waals surface area contributed by atoms with Crippen molar-refractivity contribution in [2.24, 2.45) is 0 Å². The third kappa shape index (κ3) is 4.88. The molecule has 1 aliphatic rings. The molecule has 1 atom stereocenters. The predicted molar refractivity (Wildman–Crippen MR) is 80.5 cm³/mol. The van der Waals surface area contributed by atoms with Crippen LogP contribution in [0.1, 0.15) is 12.5 Å². The summed E-state index contributed by atoms with van der Waals surface area (Å²) < 4.78 is 11.5. The SMILES string of the molecule is CCN1CCOC(COc2ccccc2C=CC(=O)O)C1. The van der Waals surface area contributed by atoms with Crippen LogP contribution in [0, 0.1) is 0 Å². The van der Waals surface area contributed by atoms with E-state index in [-0.39, 0.29) is 6.10 Å². The normalized spacial score (nSPS) is 19.8. The number of rotatable bonds is 6. The van der Waals surface area contributed by atoms with Gasteiger partial charge in [-0.1, -0.05) is 25.1 Å². The number of hydrogen-bond acceptors (Lipinski definition) is 4. The van der Waals surface area contributed by atoms with Gasteiger partial charge in [0.2, 0.25) is 0 Å². The Balaban J connectivity index is 1.95. The summed E-state index contributed by atoms with van der Waals surface area (Å²) in [7, 11) is 0. The molecule has 0 aromatic heterocycles. The van der Waals surface area contributed by atoms with E-state index in [2.05, 4.69) is 11.8 Å². The lowest BCUT2D eigenvalue weighted by Gasteiger charge is -2.31. The molecule has 1 saturated heterocycles. The van der Waals surface area contributed by atoms with Crippen molar-refractivity contribution in [3.63, 3.8) is 0 Å². The monoisotopic (exact) mass is 291 g/mol. The zero-order valence-corrected chi connectivity index (χ0v) is 12.2. The highest BCUT2D eigenvalue weighted by Gasteiger charge is 2.19. The lowest BCUT2D eigenvalue weighted by Crippen LogP contribution is -2.44. The summed E-state index contributed by atoms with van der Waals surface area (Å²) in [5, 5.41) is 8.70. The van der Waals surface area contributed by atoms with Gasteiger partial charge < -0.3 is 14.6 Å². The molecule has 1 unspecified atom stereocenters. The van der Waals surface area contributed by atoms with Gasteiger partial charge in [-0.05, 0) is 18.7 Å². The van der Waals surface area contributed by atoms with Gasteiger partial charge in [0.25, 0.3) is 0 Å². The molecule has 0 amide bonds. The van der Waals surface area contributed by atoms with E-state index in [1.54, 1.807) is 0 Å². The molecule has 2 rings (SSSR count). The molecule has 0 bridgehead atoms. The van der Waals surface area contributed by atoms with Crippen molar-refractivity contribution in [1.29, 1.82) is 0 Å². The molecule has 21 heavy (non-hydrogen) atoms. The molecule has 114 valence electrons. The van der Waals surface area contributed by atoms with Gasteiger partial charge >= 0.3 is 5.97 Å². The predicted octanol–water partition coefficient (Wildman–Crippen LogP) is 1.88. The highest BCUT2D eigenvalue weighted by Crippen LogP contribution is 2.20. The van der Waals surface area contributed by atoms with Crippen LogP contribution in [-0.4, -0.2) is 54.9 Å². The number of nitrogens with zero attached hydrogens (tertiary/aromatic N) is 1. The van der Waals surface area contributed by atoms with Crippen LogP contribution in [0.3, 0.4) is 0 Å².